The Hall–Kier alpha value is -3.11. The predicted molar refractivity (Wildman–Crippen MR) is 109 cm³/mol. The first kappa shape index (κ1) is 17.3. The minimum absolute atomic E-state index is 0.217. The Morgan fingerprint density at radius 1 is 1.00 bits per heavy atom. The lowest BCUT2D eigenvalue weighted by molar-refractivity contribution is 0.474. The van der Waals surface area contributed by atoms with Crippen LogP contribution in [0.4, 0.5) is 5.69 Å². The van der Waals surface area contributed by atoms with Crippen LogP contribution in [0.2, 0.25) is 5.02 Å². The summed E-state index contributed by atoms with van der Waals surface area (Å²) in [5.41, 5.74) is 5.83. The second kappa shape index (κ2) is 6.89. The van der Waals surface area contributed by atoms with E-state index in [4.69, 9.17) is 16.0 Å². The fourth-order valence-corrected chi connectivity index (χ4v) is 2.91. The number of hydrogen-bond donors (Lipinski definition) is 1. The first-order valence-electron chi connectivity index (χ1n) is 8.50. The van der Waals surface area contributed by atoms with Crippen LogP contribution in [0.5, 0.6) is 5.75 Å². The molecule has 4 aromatic rings. The van der Waals surface area contributed by atoms with Crippen LogP contribution in [0.15, 0.2) is 64.0 Å². The van der Waals surface area contributed by atoms with E-state index in [1.54, 1.807) is 24.4 Å². The highest BCUT2D eigenvalue weighted by molar-refractivity contribution is 6.30. The van der Waals surface area contributed by atoms with E-state index in [1.807, 2.05) is 50.2 Å². The van der Waals surface area contributed by atoms with Gasteiger partial charge in [-0.15, -0.1) is 0 Å². The van der Waals surface area contributed by atoms with Crippen molar-refractivity contribution in [3.8, 4) is 17.2 Å². The summed E-state index contributed by atoms with van der Waals surface area (Å²) in [5, 5.41) is 10.8. The van der Waals surface area contributed by atoms with E-state index in [9.17, 15) is 5.11 Å². The fraction of sp³-hybridized carbons (Fsp3) is 0.0909. The molecule has 0 aliphatic heterocycles. The van der Waals surface area contributed by atoms with Crippen molar-refractivity contribution in [2.45, 2.75) is 13.8 Å². The van der Waals surface area contributed by atoms with Crippen molar-refractivity contribution in [3.05, 3.63) is 76.3 Å². The second-order valence-corrected chi connectivity index (χ2v) is 6.87. The number of fused-ring (bicyclic) bond motifs is 1. The quantitative estimate of drug-likeness (QED) is 0.432. The number of aromatic hydroxyl groups is 1. The number of benzene rings is 3. The molecule has 1 heterocycles. The fourth-order valence-electron chi connectivity index (χ4n) is 2.78. The van der Waals surface area contributed by atoms with E-state index >= 15 is 0 Å². The molecule has 27 heavy (non-hydrogen) atoms. The maximum atomic E-state index is 10.1. The van der Waals surface area contributed by atoms with E-state index in [0.717, 1.165) is 27.9 Å². The van der Waals surface area contributed by atoms with E-state index in [-0.39, 0.29) is 5.75 Å². The summed E-state index contributed by atoms with van der Waals surface area (Å²) >= 11 is 5.93. The molecule has 0 aliphatic carbocycles. The van der Waals surface area contributed by atoms with Crippen LogP contribution in [0.1, 0.15) is 16.7 Å². The predicted octanol–water partition coefficient (Wildman–Crippen LogP) is 6.22. The standard InChI is InChI=1S/C22H17ClN2O2/c1-13-9-16(20(26)10-14(13)2)12-24-18-7-8-21-19(11-18)25-22(27-21)15-3-5-17(23)6-4-15/h3-12,26H,1-2H3. The molecule has 3 aromatic carbocycles. The van der Waals surface area contributed by atoms with Crippen molar-refractivity contribution in [2.75, 3.05) is 0 Å². The Labute approximate surface area is 161 Å². The van der Waals surface area contributed by atoms with Crippen molar-refractivity contribution in [1.29, 1.82) is 0 Å². The summed E-state index contributed by atoms with van der Waals surface area (Å²) in [4.78, 5) is 9.01. The zero-order valence-corrected chi connectivity index (χ0v) is 15.7. The number of aliphatic imine (C=N–C) groups is 1. The van der Waals surface area contributed by atoms with Gasteiger partial charge in [-0.2, -0.15) is 0 Å². The van der Waals surface area contributed by atoms with Gasteiger partial charge in [0.15, 0.2) is 5.58 Å². The highest BCUT2D eigenvalue weighted by atomic mass is 35.5. The first-order valence-corrected chi connectivity index (χ1v) is 8.88. The van der Waals surface area contributed by atoms with Crippen molar-refractivity contribution >= 4 is 34.6 Å². The van der Waals surface area contributed by atoms with Gasteiger partial charge >= 0.3 is 0 Å². The van der Waals surface area contributed by atoms with Crippen LogP contribution in [0, 0.1) is 13.8 Å². The summed E-state index contributed by atoms with van der Waals surface area (Å²) in [6, 6.07) is 16.6. The molecule has 0 amide bonds. The second-order valence-electron chi connectivity index (χ2n) is 6.43. The first-order chi connectivity index (χ1) is 13.0. The molecule has 0 fully saturated rings. The topological polar surface area (TPSA) is 58.6 Å². The molecule has 0 saturated carbocycles. The zero-order valence-electron chi connectivity index (χ0n) is 14.9. The molecule has 0 atom stereocenters. The third-order valence-corrected chi connectivity index (χ3v) is 4.71. The van der Waals surface area contributed by atoms with E-state index in [0.29, 0.717) is 22.1 Å². The van der Waals surface area contributed by atoms with Gasteiger partial charge in [0.25, 0.3) is 0 Å². The summed E-state index contributed by atoms with van der Waals surface area (Å²) in [6.45, 7) is 3.97. The number of phenolic OH excluding ortho intramolecular Hbond substituents is 1. The minimum atomic E-state index is 0.217. The zero-order chi connectivity index (χ0) is 19.0. The smallest absolute Gasteiger partial charge is 0.227 e. The van der Waals surface area contributed by atoms with Crippen molar-refractivity contribution in [3.63, 3.8) is 0 Å². The van der Waals surface area contributed by atoms with Crippen molar-refractivity contribution < 1.29 is 9.52 Å². The number of hydrogen-bond acceptors (Lipinski definition) is 4. The lowest BCUT2D eigenvalue weighted by Crippen LogP contribution is -1.87. The molecule has 1 aromatic heterocycles. The van der Waals surface area contributed by atoms with Crippen LogP contribution in [-0.4, -0.2) is 16.3 Å². The number of halogens is 1. The van der Waals surface area contributed by atoms with Gasteiger partial charge in [0, 0.05) is 22.4 Å². The number of rotatable bonds is 3. The molecule has 5 heteroatoms. The van der Waals surface area contributed by atoms with Crippen LogP contribution < -0.4 is 0 Å². The average Bonchev–Trinajstić information content (AvgIpc) is 3.07. The number of oxazole rings is 1. The molecule has 0 spiro atoms. The third kappa shape index (κ3) is 3.57. The maximum absolute atomic E-state index is 10.1. The third-order valence-electron chi connectivity index (χ3n) is 4.46. The maximum Gasteiger partial charge on any atom is 0.227 e. The van der Waals surface area contributed by atoms with Crippen molar-refractivity contribution in [2.24, 2.45) is 4.99 Å². The number of aryl methyl sites for hydroxylation is 2. The SMILES string of the molecule is Cc1cc(O)c(C=Nc2ccc3oc(-c4ccc(Cl)cc4)nc3c2)cc1C. The summed E-state index contributed by atoms with van der Waals surface area (Å²) in [6.07, 6.45) is 1.66. The highest BCUT2D eigenvalue weighted by Gasteiger charge is 2.09. The minimum Gasteiger partial charge on any atom is -0.507 e. The van der Waals surface area contributed by atoms with Gasteiger partial charge in [0.2, 0.25) is 5.89 Å². The Morgan fingerprint density at radius 3 is 2.52 bits per heavy atom. The molecule has 4 nitrogen and oxygen atoms in total. The Bertz CT molecular complexity index is 1160. The van der Waals surface area contributed by atoms with Crippen LogP contribution >= 0.6 is 11.6 Å². The van der Waals surface area contributed by atoms with Crippen molar-refractivity contribution in [1.82, 2.24) is 4.98 Å². The average molecular weight is 377 g/mol. The van der Waals surface area contributed by atoms with E-state index in [1.165, 1.54) is 0 Å². The van der Waals surface area contributed by atoms with E-state index in [2.05, 4.69) is 9.98 Å². The van der Waals surface area contributed by atoms with Gasteiger partial charge < -0.3 is 9.52 Å². The van der Waals surface area contributed by atoms with Crippen LogP contribution in [-0.2, 0) is 0 Å². The lowest BCUT2D eigenvalue weighted by atomic mass is 10.1. The van der Waals surface area contributed by atoms with Gasteiger partial charge in [-0.1, -0.05) is 11.6 Å². The van der Waals surface area contributed by atoms with Crippen LogP contribution in [0.3, 0.4) is 0 Å². The van der Waals surface area contributed by atoms with E-state index < -0.39 is 0 Å². The summed E-state index contributed by atoms with van der Waals surface area (Å²) in [7, 11) is 0. The molecule has 0 saturated heterocycles. The molecule has 0 radical (unpaired) electrons. The summed E-state index contributed by atoms with van der Waals surface area (Å²) in [5.74, 6) is 0.754. The highest BCUT2D eigenvalue weighted by Crippen LogP contribution is 2.28. The molecular formula is C22H17ClN2O2. The van der Waals surface area contributed by atoms with Gasteiger partial charge in [-0.3, -0.25) is 4.99 Å². The normalized spacial score (nSPS) is 11.5. The Balaban J connectivity index is 1.65. The lowest BCUT2D eigenvalue weighted by Gasteiger charge is -2.04. The largest absolute Gasteiger partial charge is 0.507 e. The molecule has 134 valence electrons. The molecular weight excluding hydrogens is 360 g/mol. The molecule has 0 bridgehead atoms. The Morgan fingerprint density at radius 2 is 1.74 bits per heavy atom. The summed E-state index contributed by atoms with van der Waals surface area (Å²) < 4.78 is 5.81. The van der Waals surface area contributed by atoms with Gasteiger partial charge in [-0.25, -0.2) is 4.98 Å². The number of phenols is 1. The van der Waals surface area contributed by atoms with Crippen LogP contribution in [0.25, 0.3) is 22.6 Å². The number of nitrogens with zero attached hydrogens (tertiary/aromatic N) is 2. The molecule has 0 unspecified atom stereocenters. The molecule has 1 N–H and O–H groups in total. The van der Waals surface area contributed by atoms with Gasteiger partial charge in [0.05, 0.1) is 5.69 Å². The monoisotopic (exact) mass is 376 g/mol. The molecule has 4 rings (SSSR count). The Kier molecular flexibility index (Phi) is 4.42. The number of aromatic nitrogens is 1. The van der Waals surface area contributed by atoms with Gasteiger partial charge in [-0.05, 0) is 79.6 Å². The van der Waals surface area contributed by atoms with Gasteiger partial charge in [0.1, 0.15) is 11.3 Å². The molecule has 0 aliphatic rings.